The highest BCUT2D eigenvalue weighted by Crippen LogP contribution is 2.37. The number of methoxy groups -OCH3 is 1. The molecule has 3 rings (SSSR count). The number of esters is 1. The van der Waals surface area contributed by atoms with Gasteiger partial charge in [-0.1, -0.05) is 17.7 Å². The molecule has 0 bridgehead atoms. The summed E-state index contributed by atoms with van der Waals surface area (Å²) >= 11 is 6.26. The Labute approximate surface area is 144 Å². The van der Waals surface area contributed by atoms with Gasteiger partial charge in [0.05, 0.1) is 24.3 Å². The predicted molar refractivity (Wildman–Crippen MR) is 89.1 cm³/mol. The van der Waals surface area contributed by atoms with Crippen molar-refractivity contribution in [1.29, 1.82) is 0 Å². The molecule has 0 saturated heterocycles. The van der Waals surface area contributed by atoms with Gasteiger partial charge in [0.25, 0.3) is 0 Å². The Bertz CT molecular complexity index is 815. The van der Waals surface area contributed by atoms with E-state index in [1.165, 1.54) is 6.33 Å². The van der Waals surface area contributed by atoms with Crippen molar-refractivity contribution in [3.05, 3.63) is 46.4 Å². The van der Waals surface area contributed by atoms with Crippen molar-refractivity contribution in [3.63, 3.8) is 0 Å². The van der Waals surface area contributed by atoms with E-state index in [1.54, 1.807) is 30.8 Å². The summed E-state index contributed by atoms with van der Waals surface area (Å²) in [4.78, 5) is 16.7. The quantitative estimate of drug-likeness (QED) is 0.856. The monoisotopic (exact) mass is 348 g/mol. The molecule has 0 saturated carbocycles. The lowest BCUT2D eigenvalue weighted by atomic mass is 9.95. The van der Waals surface area contributed by atoms with Crippen LogP contribution in [0.25, 0.3) is 0 Å². The number of benzene rings is 1. The fraction of sp³-hybridized carbons (Fsp3) is 0.312. The van der Waals surface area contributed by atoms with E-state index in [1.807, 2.05) is 13.0 Å². The van der Waals surface area contributed by atoms with E-state index in [0.29, 0.717) is 28.0 Å². The summed E-state index contributed by atoms with van der Waals surface area (Å²) in [5.41, 5.74) is 1.93. The Morgan fingerprint density at radius 1 is 1.46 bits per heavy atom. The van der Waals surface area contributed by atoms with Gasteiger partial charge in [-0.3, -0.25) is 0 Å². The lowest BCUT2D eigenvalue weighted by Gasteiger charge is -2.28. The summed E-state index contributed by atoms with van der Waals surface area (Å²) in [5.74, 6) is 0.713. The molecule has 24 heavy (non-hydrogen) atoms. The lowest BCUT2D eigenvalue weighted by molar-refractivity contribution is -0.139. The summed E-state index contributed by atoms with van der Waals surface area (Å²) in [6.07, 6.45) is 1.43. The molecule has 0 amide bonds. The van der Waals surface area contributed by atoms with Gasteiger partial charge in [-0.2, -0.15) is 10.1 Å². The van der Waals surface area contributed by atoms with Crippen molar-refractivity contribution in [2.75, 3.05) is 19.0 Å². The molecule has 7 nitrogen and oxygen atoms in total. The van der Waals surface area contributed by atoms with Crippen LogP contribution in [0.2, 0.25) is 5.02 Å². The largest absolute Gasteiger partial charge is 0.495 e. The summed E-state index contributed by atoms with van der Waals surface area (Å²) in [7, 11) is 1.55. The first-order chi connectivity index (χ1) is 11.6. The number of carbonyl (C=O) groups is 1. The van der Waals surface area contributed by atoms with Gasteiger partial charge < -0.3 is 14.8 Å². The average molecular weight is 349 g/mol. The van der Waals surface area contributed by atoms with Crippen molar-refractivity contribution in [3.8, 4) is 5.75 Å². The first-order valence-corrected chi connectivity index (χ1v) is 7.82. The van der Waals surface area contributed by atoms with Crippen LogP contribution in [-0.2, 0) is 9.53 Å². The van der Waals surface area contributed by atoms with Gasteiger partial charge in [-0.15, -0.1) is 0 Å². The second-order valence-electron chi connectivity index (χ2n) is 5.21. The Morgan fingerprint density at radius 3 is 2.92 bits per heavy atom. The van der Waals surface area contributed by atoms with Gasteiger partial charge in [-0.25, -0.2) is 9.48 Å². The minimum absolute atomic E-state index is 0.288. The maximum Gasteiger partial charge on any atom is 0.338 e. The number of rotatable bonds is 4. The molecular formula is C16H17ClN4O3. The van der Waals surface area contributed by atoms with Gasteiger partial charge >= 0.3 is 5.97 Å². The Hall–Kier alpha value is -2.54. The minimum Gasteiger partial charge on any atom is -0.495 e. The molecule has 1 aromatic carbocycles. The minimum atomic E-state index is -0.480. The van der Waals surface area contributed by atoms with Crippen LogP contribution in [0.4, 0.5) is 5.95 Å². The van der Waals surface area contributed by atoms with E-state index in [2.05, 4.69) is 15.4 Å². The Morgan fingerprint density at radius 2 is 2.25 bits per heavy atom. The highest BCUT2D eigenvalue weighted by atomic mass is 35.5. The van der Waals surface area contributed by atoms with E-state index >= 15 is 0 Å². The number of fused-ring (bicyclic) bond motifs is 1. The SMILES string of the molecule is CCOC(=O)C1=C(C)Nc2ncnn2C1c1ccc(OC)c(Cl)c1. The van der Waals surface area contributed by atoms with Crippen LogP contribution < -0.4 is 10.1 Å². The second kappa shape index (κ2) is 6.52. The molecule has 126 valence electrons. The molecule has 0 fully saturated rings. The van der Waals surface area contributed by atoms with E-state index in [9.17, 15) is 4.79 Å². The maximum absolute atomic E-state index is 12.5. The van der Waals surface area contributed by atoms with Gasteiger partial charge in [0, 0.05) is 5.70 Å². The smallest absolute Gasteiger partial charge is 0.338 e. The fourth-order valence-electron chi connectivity index (χ4n) is 2.73. The van der Waals surface area contributed by atoms with Crippen LogP contribution in [0, 0.1) is 0 Å². The van der Waals surface area contributed by atoms with Gasteiger partial charge in [0.1, 0.15) is 18.1 Å². The Balaban J connectivity index is 2.14. The third-order valence-corrected chi connectivity index (χ3v) is 4.08. The average Bonchev–Trinajstić information content (AvgIpc) is 3.01. The molecule has 1 atom stereocenters. The fourth-order valence-corrected chi connectivity index (χ4v) is 2.99. The molecule has 1 N–H and O–H groups in total. The van der Waals surface area contributed by atoms with Crippen molar-refractivity contribution < 1.29 is 14.3 Å². The summed E-state index contributed by atoms with van der Waals surface area (Å²) in [6.45, 7) is 3.86. The first-order valence-electron chi connectivity index (χ1n) is 7.44. The third kappa shape index (κ3) is 2.71. The molecule has 0 radical (unpaired) electrons. The molecule has 2 aromatic rings. The highest BCUT2D eigenvalue weighted by Gasteiger charge is 2.34. The summed E-state index contributed by atoms with van der Waals surface area (Å²) in [6, 6.07) is 4.88. The van der Waals surface area contributed by atoms with E-state index < -0.39 is 12.0 Å². The number of nitrogens with zero attached hydrogens (tertiary/aromatic N) is 3. The van der Waals surface area contributed by atoms with E-state index in [0.717, 1.165) is 5.56 Å². The van der Waals surface area contributed by atoms with Crippen LogP contribution in [0.1, 0.15) is 25.5 Å². The second-order valence-corrected chi connectivity index (χ2v) is 5.62. The van der Waals surface area contributed by atoms with E-state index in [4.69, 9.17) is 21.1 Å². The number of nitrogens with one attached hydrogen (secondary N) is 1. The lowest BCUT2D eigenvalue weighted by Crippen LogP contribution is -2.29. The molecule has 1 aromatic heterocycles. The number of halogens is 1. The van der Waals surface area contributed by atoms with Crippen LogP contribution in [-0.4, -0.2) is 34.5 Å². The van der Waals surface area contributed by atoms with Crippen molar-refractivity contribution in [2.45, 2.75) is 19.9 Å². The number of allylic oxidation sites excluding steroid dienone is 1. The van der Waals surface area contributed by atoms with Crippen LogP contribution in [0.3, 0.4) is 0 Å². The van der Waals surface area contributed by atoms with Gasteiger partial charge in [0.15, 0.2) is 0 Å². The number of hydrogen-bond donors (Lipinski definition) is 1. The third-order valence-electron chi connectivity index (χ3n) is 3.78. The van der Waals surface area contributed by atoms with Gasteiger partial charge in [-0.05, 0) is 31.5 Å². The van der Waals surface area contributed by atoms with Crippen LogP contribution >= 0.6 is 11.6 Å². The highest BCUT2D eigenvalue weighted by molar-refractivity contribution is 6.32. The number of hydrogen-bond acceptors (Lipinski definition) is 6. The maximum atomic E-state index is 12.5. The normalized spacial score (nSPS) is 16.4. The van der Waals surface area contributed by atoms with Gasteiger partial charge in [0.2, 0.25) is 5.95 Å². The van der Waals surface area contributed by atoms with Crippen LogP contribution in [0.5, 0.6) is 5.75 Å². The van der Waals surface area contributed by atoms with E-state index in [-0.39, 0.29) is 6.61 Å². The summed E-state index contributed by atoms with van der Waals surface area (Å²) < 4.78 is 12.0. The summed E-state index contributed by atoms with van der Waals surface area (Å²) in [5, 5.41) is 7.77. The molecule has 1 aliphatic heterocycles. The van der Waals surface area contributed by atoms with Crippen molar-refractivity contribution >= 4 is 23.5 Å². The zero-order chi connectivity index (χ0) is 17.3. The van der Waals surface area contributed by atoms with Crippen molar-refractivity contribution in [2.24, 2.45) is 0 Å². The molecular weight excluding hydrogens is 332 g/mol. The molecule has 0 spiro atoms. The zero-order valence-corrected chi connectivity index (χ0v) is 14.3. The van der Waals surface area contributed by atoms with Crippen LogP contribution in [0.15, 0.2) is 35.8 Å². The molecule has 1 unspecified atom stereocenters. The molecule has 0 aliphatic carbocycles. The number of aromatic nitrogens is 3. The number of carbonyl (C=O) groups excluding carboxylic acids is 1. The zero-order valence-electron chi connectivity index (χ0n) is 13.5. The Kier molecular flexibility index (Phi) is 4.44. The topological polar surface area (TPSA) is 78.3 Å². The number of anilines is 1. The number of ether oxygens (including phenoxy) is 2. The molecule has 1 aliphatic rings. The van der Waals surface area contributed by atoms with Crippen molar-refractivity contribution in [1.82, 2.24) is 14.8 Å². The molecule has 8 heteroatoms. The molecule has 2 heterocycles. The predicted octanol–water partition coefficient (Wildman–Crippen LogP) is 2.79. The first kappa shape index (κ1) is 16.3. The standard InChI is InChI=1S/C16H17ClN4O3/c1-4-24-15(22)13-9(2)20-16-18-8-19-21(16)14(13)10-5-6-12(23-3)11(17)7-10/h5-8,14H,4H2,1-3H3,(H,18,19,20).